The van der Waals surface area contributed by atoms with Gasteiger partial charge < -0.3 is 0 Å². The SMILES string of the molecule is C/C=C(\C(=O)NO)c1ccccc1. The van der Waals surface area contributed by atoms with Crippen molar-refractivity contribution in [3.8, 4) is 0 Å². The Labute approximate surface area is 76.7 Å². The second-order valence-corrected chi connectivity index (χ2v) is 2.51. The van der Waals surface area contributed by atoms with Gasteiger partial charge in [0.05, 0.1) is 0 Å². The van der Waals surface area contributed by atoms with Gasteiger partial charge >= 0.3 is 0 Å². The molecular formula is C10H11NO2. The molecule has 0 fully saturated rings. The van der Waals surface area contributed by atoms with E-state index in [0.717, 1.165) is 5.56 Å². The van der Waals surface area contributed by atoms with Crippen LogP contribution in [0.4, 0.5) is 0 Å². The Balaban J connectivity index is 3.00. The second kappa shape index (κ2) is 4.42. The van der Waals surface area contributed by atoms with E-state index in [4.69, 9.17) is 5.21 Å². The Bertz CT molecular complexity index is 317. The average Bonchev–Trinajstić information content (AvgIpc) is 2.20. The molecule has 0 saturated carbocycles. The highest BCUT2D eigenvalue weighted by atomic mass is 16.5. The third-order valence-corrected chi connectivity index (χ3v) is 1.72. The number of nitrogens with one attached hydrogen (secondary N) is 1. The van der Waals surface area contributed by atoms with Gasteiger partial charge in [-0.1, -0.05) is 36.4 Å². The fourth-order valence-corrected chi connectivity index (χ4v) is 1.11. The van der Waals surface area contributed by atoms with Gasteiger partial charge in [-0.3, -0.25) is 10.0 Å². The topological polar surface area (TPSA) is 49.3 Å². The number of benzene rings is 1. The van der Waals surface area contributed by atoms with Crippen LogP contribution in [0.5, 0.6) is 0 Å². The zero-order valence-corrected chi connectivity index (χ0v) is 7.32. The lowest BCUT2D eigenvalue weighted by Gasteiger charge is -2.03. The fourth-order valence-electron chi connectivity index (χ4n) is 1.11. The predicted molar refractivity (Wildman–Crippen MR) is 50.0 cm³/mol. The summed E-state index contributed by atoms with van der Waals surface area (Å²) in [6, 6.07) is 9.16. The molecule has 2 N–H and O–H groups in total. The lowest BCUT2D eigenvalue weighted by Crippen LogP contribution is -2.19. The Kier molecular flexibility index (Phi) is 3.23. The quantitative estimate of drug-likeness (QED) is 0.409. The molecule has 0 aliphatic rings. The monoisotopic (exact) mass is 177 g/mol. The summed E-state index contributed by atoms with van der Waals surface area (Å²) < 4.78 is 0. The third kappa shape index (κ3) is 2.16. The van der Waals surface area contributed by atoms with Gasteiger partial charge in [-0.2, -0.15) is 0 Å². The summed E-state index contributed by atoms with van der Waals surface area (Å²) in [6.07, 6.45) is 1.65. The number of carbonyl (C=O) groups is 1. The highest BCUT2D eigenvalue weighted by Crippen LogP contribution is 2.13. The molecule has 13 heavy (non-hydrogen) atoms. The lowest BCUT2D eigenvalue weighted by molar-refractivity contribution is -0.123. The predicted octanol–water partition coefficient (Wildman–Crippen LogP) is 1.60. The van der Waals surface area contributed by atoms with Crippen LogP contribution in [-0.4, -0.2) is 11.1 Å². The van der Waals surface area contributed by atoms with E-state index in [2.05, 4.69) is 0 Å². The normalized spacial score (nSPS) is 11.1. The van der Waals surface area contributed by atoms with Crippen LogP contribution in [0.25, 0.3) is 5.57 Å². The summed E-state index contributed by atoms with van der Waals surface area (Å²) in [5, 5.41) is 8.46. The van der Waals surface area contributed by atoms with E-state index in [0.29, 0.717) is 5.57 Å². The van der Waals surface area contributed by atoms with E-state index in [1.54, 1.807) is 18.5 Å². The van der Waals surface area contributed by atoms with Gasteiger partial charge in [0.25, 0.3) is 5.91 Å². The molecule has 3 nitrogen and oxygen atoms in total. The van der Waals surface area contributed by atoms with Crippen molar-refractivity contribution in [2.75, 3.05) is 0 Å². The van der Waals surface area contributed by atoms with Crippen LogP contribution < -0.4 is 5.48 Å². The van der Waals surface area contributed by atoms with Gasteiger partial charge in [0.15, 0.2) is 0 Å². The maximum Gasteiger partial charge on any atom is 0.274 e. The summed E-state index contributed by atoms with van der Waals surface area (Å²) in [5.41, 5.74) is 2.86. The van der Waals surface area contributed by atoms with Crippen molar-refractivity contribution >= 4 is 11.5 Å². The zero-order valence-electron chi connectivity index (χ0n) is 7.32. The number of hydroxylamine groups is 1. The molecule has 1 aromatic carbocycles. The molecule has 0 spiro atoms. The first kappa shape index (κ1) is 9.48. The summed E-state index contributed by atoms with van der Waals surface area (Å²) >= 11 is 0. The molecule has 0 aliphatic carbocycles. The van der Waals surface area contributed by atoms with Crippen LogP contribution in [-0.2, 0) is 4.79 Å². The number of hydrogen-bond donors (Lipinski definition) is 2. The molecule has 3 heteroatoms. The first-order chi connectivity index (χ1) is 6.29. The van der Waals surface area contributed by atoms with Crippen LogP contribution in [0.3, 0.4) is 0 Å². The minimum Gasteiger partial charge on any atom is -0.288 e. The number of amides is 1. The number of allylic oxidation sites excluding steroid dienone is 1. The van der Waals surface area contributed by atoms with E-state index >= 15 is 0 Å². The Morgan fingerprint density at radius 2 is 2.00 bits per heavy atom. The average molecular weight is 177 g/mol. The van der Waals surface area contributed by atoms with E-state index in [-0.39, 0.29) is 0 Å². The molecule has 0 heterocycles. The second-order valence-electron chi connectivity index (χ2n) is 2.51. The molecule has 1 rings (SSSR count). The molecule has 0 aromatic heterocycles. The summed E-state index contributed by atoms with van der Waals surface area (Å²) in [7, 11) is 0. The number of hydrogen-bond acceptors (Lipinski definition) is 2. The Hall–Kier alpha value is -1.61. The van der Waals surface area contributed by atoms with Crippen molar-refractivity contribution in [2.24, 2.45) is 0 Å². The van der Waals surface area contributed by atoms with Gasteiger partial charge in [0.2, 0.25) is 0 Å². The number of rotatable bonds is 2. The molecular weight excluding hydrogens is 166 g/mol. The van der Waals surface area contributed by atoms with E-state index in [9.17, 15) is 4.79 Å². The van der Waals surface area contributed by atoms with E-state index < -0.39 is 5.91 Å². The Morgan fingerprint density at radius 3 is 2.46 bits per heavy atom. The van der Waals surface area contributed by atoms with Crippen molar-refractivity contribution in [3.05, 3.63) is 42.0 Å². The highest BCUT2D eigenvalue weighted by molar-refractivity contribution is 6.18. The summed E-state index contributed by atoms with van der Waals surface area (Å²) in [6.45, 7) is 1.75. The van der Waals surface area contributed by atoms with Gasteiger partial charge in [-0.25, -0.2) is 5.48 Å². The molecule has 0 radical (unpaired) electrons. The largest absolute Gasteiger partial charge is 0.288 e. The van der Waals surface area contributed by atoms with E-state index in [1.165, 1.54) is 0 Å². The number of carbonyl (C=O) groups excluding carboxylic acids is 1. The zero-order chi connectivity index (χ0) is 9.68. The molecule has 0 saturated heterocycles. The molecule has 68 valence electrons. The fraction of sp³-hybridized carbons (Fsp3) is 0.100. The van der Waals surface area contributed by atoms with Crippen molar-refractivity contribution in [3.63, 3.8) is 0 Å². The minimum absolute atomic E-state index is 0.461. The summed E-state index contributed by atoms with van der Waals surface area (Å²) in [5.74, 6) is -0.492. The van der Waals surface area contributed by atoms with Crippen LogP contribution in [0.2, 0.25) is 0 Å². The van der Waals surface area contributed by atoms with Gasteiger partial charge in [0.1, 0.15) is 0 Å². The summed E-state index contributed by atoms with van der Waals surface area (Å²) in [4.78, 5) is 11.1. The maximum atomic E-state index is 11.1. The third-order valence-electron chi connectivity index (χ3n) is 1.72. The van der Waals surface area contributed by atoms with Crippen LogP contribution in [0.1, 0.15) is 12.5 Å². The van der Waals surface area contributed by atoms with Crippen molar-refractivity contribution < 1.29 is 10.0 Å². The first-order valence-corrected chi connectivity index (χ1v) is 3.95. The lowest BCUT2D eigenvalue weighted by atomic mass is 10.1. The van der Waals surface area contributed by atoms with Gasteiger partial charge in [-0.05, 0) is 12.5 Å². The van der Waals surface area contributed by atoms with Crippen LogP contribution in [0, 0.1) is 0 Å². The maximum absolute atomic E-state index is 11.1. The molecule has 0 atom stereocenters. The van der Waals surface area contributed by atoms with Gasteiger partial charge in [0, 0.05) is 5.57 Å². The highest BCUT2D eigenvalue weighted by Gasteiger charge is 2.08. The van der Waals surface area contributed by atoms with Crippen molar-refractivity contribution in [1.82, 2.24) is 5.48 Å². The molecule has 0 unspecified atom stereocenters. The smallest absolute Gasteiger partial charge is 0.274 e. The van der Waals surface area contributed by atoms with Gasteiger partial charge in [-0.15, -0.1) is 0 Å². The van der Waals surface area contributed by atoms with Crippen molar-refractivity contribution in [2.45, 2.75) is 6.92 Å². The molecule has 0 bridgehead atoms. The molecule has 1 amide bonds. The van der Waals surface area contributed by atoms with E-state index in [1.807, 2.05) is 30.3 Å². The van der Waals surface area contributed by atoms with Crippen molar-refractivity contribution in [1.29, 1.82) is 0 Å². The Morgan fingerprint density at radius 1 is 1.38 bits per heavy atom. The standard InChI is InChI=1S/C10H11NO2/c1-2-9(10(12)11-13)8-6-4-3-5-7-8/h2-7,13H,1H3,(H,11,12)/b9-2-. The minimum atomic E-state index is -0.492. The molecule has 0 aliphatic heterocycles. The van der Waals surface area contributed by atoms with Crippen LogP contribution in [0.15, 0.2) is 36.4 Å². The first-order valence-electron chi connectivity index (χ1n) is 3.95. The van der Waals surface area contributed by atoms with Crippen LogP contribution >= 0.6 is 0 Å². The molecule has 1 aromatic rings.